The lowest BCUT2D eigenvalue weighted by atomic mass is 10.1. The monoisotopic (exact) mass is 514 g/mol. The number of fused-ring (bicyclic) bond motifs is 1. The first-order chi connectivity index (χ1) is 18.1. The van der Waals surface area contributed by atoms with Crippen LogP contribution < -0.4 is 20.3 Å². The highest BCUT2D eigenvalue weighted by Gasteiger charge is 2.19. The van der Waals surface area contributed by atoms with E-state index >= 15 is 0 Å². The van der Waals surface area contributed by atoms with Crippen LogP contribution in [0.5, 0.6) is 11.5 Å². The van der Waals surface area contributed by atoms with Crippen molar-refractivity contribution in [2.75, 3.05) is 25.1 Å². The van der Waals surface area contributed by atoms with Crippen molar-refractivity contribution >= 4 is 16.6 Å². The van der Waals surface area contributed by atoms with E-state index < -0.39 is 0 Å². The van der Waals surface area contributed by atoms with Crippen LogP contribution in [0.4, 0.5) is 5.69 Å². The zero-order valence-corrected chi connectivity index (χ0v) is 24.3. The molecule has 0 saturated heterocycles. The number of hydrogen-bond donors (Lipinski definition) is 1. The lowest BCUT2D eigenvalue weighted by Gasteiger charge is -2.18. The zero-order valence-electron chi connectivity index (χ0n) is 24.3. The van der Waals surface area contributed by atoms with Gasteiger partial charge in [-0.1, -0.05) is 104 Å². The fourth-order valence-corrected chi connectivity index (χ4v) is 4.76. The molecule has 2 rings (SSSR count). The van der Waals surface area contributed by atoms with E-state index in [2.05, 4.69) is 44.3 Å². The molecule has 1 N–H and O–H groups in total. The van der Waals surface area contributed by atoms with Gasteiger partial charge in [0.05, 0.1) is 18.7 Å². The SMILES string of the molecule is CCCCCCCCNc1ccc2c(OCCCCCC)c(OCCCCCCCC)c(=O)n(C)c2c1. The van der Waals surface area contributed by atoms with E-state index in [-0.39, 0.29) is 5.56 Å². The Hall–Kier alpha value is -2.17. The first-order valence-corrected chi connectivity index (χ1v) is 15.3. The Morgan fingerprint density at radius 3 is 1.81 bits per heavy atom. The van der Waals surface area contributed by atoms with Gasteiger partial charge in [-0.05, 0) is 37.5 Å². The maximum absolute atomic E-state index is 13.4. The van der Waals surface area contributed by atoms with Crippen LogP contribution in [0, 0.1) is 0 Å². The lowest BCUT2D eigenvalue weighted by molar-refractivity contribution is 0.257. The summed E-state index contributed by atoms with van der Waals surface area (Å²) in [6.45, 7) is 8.80. The Kier molecular flexibility index (Phi) is 15.9. The molecule has 5 nitrogen and oxygen atoms in total. The van der Waals surface area contributed by atoms with Gasteiger partial charge in [0, 0.05) is 24.7 Å². The molecule has 0 saturated carbocycles. The van der Waals surface area contributed by atoms with E-state index in [1.54, 1.807) is 4.57 Å². The average molecular weight is 515 g/mol. The summed E-state index contributed by atoms with van der Waals surface area (Å²) in [5.74, 6) is 0.981. The fourth-order valence-electron chi connectivity index (χ4n) is 4.76. The Labute approximate surface area is 226 Å². The summed E-state index contributed by atoms with van der Waals surface area (Å²) >= 11 is 0. The lowest BCUT2D eigenvalue weighted by Crippen LogP contribution is -2.22. The smallest absolute Gasteiger partial charge is 0.297 e. The zero-order chi connectivity index (χ0) is 26.7. The number of anilines is 1. The first kappa shape index (κ1) is 31.1. The predicted octanol–water partition coefficient (Wildman–Crippen LogP) is 9.01. The Bertz CT molecular complexity index is 938. The maximum atomic E-state index is 13.4. The molecule has 1 aromatic heterocycles. The fraction of sp³-hybridized carbons (Fsp3) is 0.719. The molecular weight excluding hydrogens is 460 g/mol. The van der Waals surface area contributed by atoms with E-state index in [9.17, 15) is 4.79 Å². The summed E-state index contributed by atoms with van der Waals surface area (Å²) in [7, 11) is 1.84. The average Bonchev–Trinajstić information content (AvgIpc) is 2.91. The van der Waals surface area contributed by atoms with Crippen LogP contribution in [0.25, 0.3) is 10.9 Å². The number of aryl methyl sites for hydroxylation is 1. The molecule has 0 atom stereocenters. The molecule has 0 aliphatic rings. The van der Waals surface area contributed by atoms with Crippen molar-refractivity contribution in [1.29, 1.82) is 0 Å². The number of benzene rings is 1. The summed E-state index contributed by atoms with van der Waals surface area (Å²) in [6, 6.07) is 6.26. The minimum atomic E-state index is -0.116. The van der Waals surface area contributed by atoms with Crippen LogP contribution in [0.15, 0.2) is 23.0 Å². The van der Waals surface area contributed by atoms with Crippen molar-refractivity contribution in [3.63, 3.8) is 0 Å². The third-order valence-corrected chi connectivity index (χ3v) is 7.16. The summed E-state index contributed by atoms with van der Waals surface area (Å²) in [5, 5.41) is 4.50. The Morgan fingerprint density at radius 1 is 0.676 bits per heavy atom. The van der Waals surface area contributed by atoms with Crippen LogP contribution in [-0.2, 0) is 7.05 Å². The Balaban J connectivity index is 2.12. The number of nitrogens with one attached hydrogen (secondary N) is 1. The van der Waals surface area contributed by atoms with Crippen molar-refractivity contribution in [3.05, 3.63) is 28.6 Å². The molecule has 0 unspecified atom stereocenters. The van der Waals surface area contributed by atoms with E-state index in [0.717, 1.165) is 55.2 Å². The molecule has 0 radical (unpaired) electrons. The molecule has 0 aliphatic heterocycles. The molecule has 0 fully saturated rings. The van der Waals surface area contributed by atoms with Crippen molar-refractivity contribution < 1.29 is 9.47 Å². The van der Waals surface area contributed by atoms with Crippen LogP contribution in [0.3, 0.4) is 0 Å². The Morgan fingerprint density at radius 2 is 1.19 bits per heavy atom. The molecule has 1 heterocycles. The number of ether oxygens (including phenoxy) is 2. The van der Waals surface area contributed by atoms with Gasteiger partial charge in [0.1, 0.15) is 0 Å². The van der Waals surface area contributed by atoms with Gasteiger partial charge in [0.2, 0.25) is 5.75 Å². The second kappa shape index (κ2) is 19.0. The summed E-state index contributed by atoms with van der Waals surface area (Å²) < 4.78 is 14.1. The number of nitrogens with zero attached hydrogens (tertiary/aromatic N) is 1. The van der Waals surface area contributed by atoms with E-state index in [1.165, 1.54) is 70.6 Å². The summed E-state index contributed by atoms with van der Waals surface area (Å²) in [5.41, 5.74) is 1.81. The first-order valence-electron chi connectivity index (χ1n) is 15.3. The minimum Gasteiger partial charge on any atom is -0.489 e. The topological polar surface area (TPSA) is 52.5 Å². The maximum Gasteiger partial charge on any atom is 0.297 e. The summed E-state index contributed by atoms with van der Waals surface area (Å²) in [6.07, 6.45) is 19.3. The third-order valence-electron chi connectivity index (χ3n) is 7.16. The molecule has 0 aliphatic carbocycles. The molecule has 5 heteroatoms. The van der Waals surface area contributed by atoms with Gasteiger partial charge < -0.3 is 19.4 Å². The number of hydrogen-bond acceptors (Lipinski definition) is 4. The van der Waals surface area contributed by atoms with E-state index in [1.807, 2.05) is 7.05 Å². The van der Waals surface area contributed by atoms with Crippen molar-refractivity contribution in [2.45, 2.75) is 124 Å². The van der Waals surface area contributed by atoms with Gasteiger partial charge in [0.25, 0.3) is 5.56 Å². The van der Waals surface area contributed by atoms with Crippen LogP contribution >= 0.6 is 0 Å². The van der Waals surface area contributed by atoms with Crippen LogP contribution in [0.2, 0.25) is 0 Å². The number of aromatic nitrogens is 1. The second-order valence-electron chi connectivity index (χ2n) is 10.5. The highest BCUT2D eigenvalue weighted by Crippen LogP contribution is 2.34. The molecule has 0 bridgehead atoms. The number of pyridine rings is 1. The minimum absolute atomic E-state index is 0.116. The van der Waals surface area contributed by atoms with Gasteiger partial charge in [-0.15, -0.1) is 0 Å². The molecule has 0 spiro atoms. The van der Waals surface area contributed by atoms with Gasteiger partial charge in [0.15, 0.2) is 5.75 Å². The highest BCUT2D eigenvalue weighted by atomic mass is 16.5. The highest BCUT2D eigenvalue weighted by molar-refractivity contribution is 5.90. The van der Waals surface area contributed by atoms with Gasteiger partial charge in [-0.2, -0.15) is 0 Å². The molecule has 210 valence electrons. The normalized spacial score (nSPS) is 11.2. The van der Waals surface area contributed by atoms with Crippen molar-refractivity contribution in [3.8, 4) is 11.5 Å². The van der Waals surface area contributed by atoms with Gasteiger partial charge in [-0.25, -0.2) is 0 Å². The van der Waals surface area contributed by atoms with Crippen LogP contribution in [-0.4, -0.2) is 24.3 Å². The number of rotatable bonds is 22. The summed E-state index contributed by atoms with van der Waals surface area (Å²) in [4.78, 5) is 13.4. The second-order valence-corrected chi connectivity index (χ2v) is 10.5. The third kappa shape index (κ3) is 11.0. The predicted molar refractivity (Wildman–Crippen MR) is 160 cm³/mol. The standard InChI is InChI=1S/C32H54N2O3/c1-5-8-11-14-16-18-23-33-27-21-22-28-29(26-27)34(4)32(35)31(30(28)36-24-19-13-10-7-3)37-25-20-17-15-12-9-6-2/h21-22,26,33H,5-20,23-25H2,1-4H3. The molecule has 0 amide bonds. The van der Waals surface area contributed by atoms with E-state index in [4.69, 9.17) is 9.47 Å². The molecular formula is C32H54N2O3. The van der Waals surface area contributed by atoms with Crippen LogP contribution in [0.1, 0.15) is 124 Å². The quantitative estimate of drug-likeness (QED) is 0.159. The number of unbranched alkanes of at least 4 members (excludes halogenated alkanes) is 13. The van der Waals surface area contributed by atoms with Gasteiger partial charge in [-0.3, -0.25) is 4.79 Å². The van der Waals surface area contributed by atoms with Crippen molar-refractivity contribution in [2.24, 2.45) is 7.05 Å². The van der Waals surface area contributed by atoms with E-state index in [0.29, 0.717) is 24.7 Å². The molecule has 1 aromatic carbocycles. The molecule has 37 heavy (non-hydrogen) atoms. The largest absolute Gasteiger partial charge is 0.489 e. The van der Waals surface area contributed by atoms with Crippen molar-refractivity contribution in [1.82, 2.24) is 4.57 Å². The van der Waals surface area contributed by atoms with Gasteiger partial charge >= 0.3 is 0 Å². The molecule has 2 aromatic rings.